The molecule has 0 radical (unpaired) electrons. The predicted octanol–water partition coefficient (Wildman–Crippen LogP) is 1.57. The van der Waals surface area contributed by atoms with Crippen LogP contribution in [0.25, 0.3) is 0 Å². The van der Waals surface area contributed by atoms with Crippen LogP contribution in [-0.4, -0.2) is 14.8 Å². The number of anilines is 1. The quantitative estimate of drug-likeness (QED) is 0.628. The van der Waals surface area contributed by atoms with E-state index in [9.17, 15) is 0 Å². The molecule has 0 fully saturated rings. The van der Waals surface area contributed by atoms with E-state index >= 15 is 0 Å². The lowest BCUT2D eigenvalue weighted by molar-refractivity contribution is 0.666. The number of nitrogens with two attached hydrogens (primary N) is 1. The number of nitrogen functional groups attached to an aromatic ring is 1. The third-order valence-electron chi connectivity index (χ3n) is 2.17. The summed E-state index contributed by atoms with van der Waals surface area (Å²) in [6.45, 7) is 2.44. The van der Waals surface area contributed by atoms with Gasteiger partial charge in [-0.15, -0.1) is 0 Å². The largest absolute Gasteiger partial charge is 0.308 e. The van der Waals surface area contributed by atoms with Crippen molar-refractivity contribution in [3.63, 3.8) is 0 Å². The van der Waals surface area contributed by atoms with E-state index < -0.39 is 0 Å². The summed E-state index contributed by atoms with van der Waals surface area (Å²) in [5, 5.41) is 4.91. The molecule has 0 saturated carbocycles. The Labute approximate surface area is 98.2 Å². The second kappa shape index (κ2) is 4.51. The van der Waals surface area contributed by atoms with Crippen molar-refractivity contribution in [1.82, 2.24) is 14.8 Å². The maximum Gasteiger partial charge on any atom is 0.140 e. The lowest BCUT2D eigenvalue weighted by atomic mass is 10.3. The smallest absolute Gasteiger partial charge is 0.140 e. The molecule has 0 aliphatic carbocycles. The van der Waals surface area contributed by atoms with E-state index in [4.69, 9.17) is 17.4 Å². The van der Waals surface area contributed by atoms with Crippen LogP contribution in [-0.2, 0) is 6.54 Å². The number of hydrogen-bond acceptors (Lipinski definition) is 4. The monoisotopic (exact) mass is 237 g/mol. The summed E-state index contributed by atoms with van der Waals surface area (Å²) in [5.74, 6) is 5.92. The highest BCUT2D eigenvalue weighted by Gasteiger charge is 2.03. The molecule has 2 rings (SSSR count). The fourth-order valence-corrected chi connectivity index (χ4v) is 1.54. The maximum atomic E-state index is 5.92. The molecular weight excluding hydrogens is 226 g/mol. The molecule has 16 heavy (non-hydrogen) atoms. The average molecular weight is 238 g/mol. The van der Waals surface area contributed by atoms with Gasteiger partial charge < -0.3 is 5.43 Å². The zero-order valence-electron chi connectivity index (χ0n) is 8.81. The number of nitrogens with zero attached hydrogens (tertiary/aromatic N) is 3. The van der Waals surface area contributed by atoms with Gasteiger partial charge in [-0.3, -0.25) is 4.68 Å². The fraction of sp³-hybridized carbons (Fsp3) is 0.200. The van der Waals surface area contributed by atoms with Crippen LogP contribution < -0.4 is 11.3 Å². The van der Waals surface area contributed by atoms with Crippen LogP contribution in [0.5, 0.6) is 0 Å². The summed E-state index contributed by atoms with van der Waals surface area (Å²) in [7, 11) is 0. The molecule has 2 aromatic heterocycles. The summed E-state index contributed by atoms with van der Waals surface area (Å²) < 4.78 is 1.75. The minimum atomic E-state index is 0.572. The molecule has 0 spiro atoms. The van der Waals surface area contributed by atoms with Crippen LogP contribution in [0.1, 0.15) is 11.4 Å². The van der Waals surface area contributed by atoms with Gasteiger partial charge in [0.25, 0.3) is 0 Å². The van der Waals surface area contributed by atoms with E-state index in [0.29, 0.717) is 17.4 Å². The molecule has 0 atom stereocenters. The minimum absolute atomic E-state index is 0.572. The van der Waals surface area contributed by atoms with E-state index in [1.54, 1.807) is 16.9 Å². The number of hydrogen-bond donors (Lipinski definition) is 2. The number of aryl methyl sites for hydroxylation is 1. The Morgan fingerprint density at radius 2 is 2.31 bits per heavy atom. The molecule has 0 bridgehead atoms. The summed E-state index contributed by atoms with van der Waals surface area (Å²) in [5.41, 5.74) is 4.19. The van der Waals surface area contributed by atoms with Crippen molar-refractivity contribution < 1.29 is 0 Å². The molecule has 0 saturated heterocycles. The second-order valence-corrected chi connectivity index (χ2v) is 3.83. The highest BCUT2D eigenvalue weighted by atomic mass is 35.5. The summed E-state index contributed by atoms with van der Waals surface area (Å²) in [6.07, 6.45) is 1.78. The van der Waals surface area contributed by atoms with Gasteiger partial charge in [-0.1, -0.05) is 17.7 Å². The Balaban J connectivity index is 2.20. The van der Waals surface area contributed by atoms with Gasteiger partial charge in [0.15, 0.2) is 0 Å². The molecule has 2 heterocycles. The first kappa shape index (κ1) is 10.9. The van der Waals surface area contributed by atoms with Crippen molar-refractivity contribution in [2.45, 2.75) is 13.5 Å². The maximum absolute atomic E-state index is 5.92. The first-order valence-electron chi connectivity index (χ1n) is 4.81. The van der Waals surface area contributed by atoms with E-state index in [2.05, 4.69) is 15.5 Å². The van der Waals surface area contributed by atoms with Gasteiger partial charge in [0.2, 0.25) is 0 Å². The molecule has 0 aliphatic rings. The number of nitrogens with one attached hydrogen (secondary N) is 1. The Kier molecular flexibility index (Phi) is 3.07. The number of pyridine rings is 1. The summed E-state index contributed by atoms with van der Waals surface area (Å²) in [6, 6.07) is 5.59. The number of hydrazine groups is 1. The molecule has 0 aromatic carbocycles. The normalized spacial score (nSPS) is 10.4. The number of halogens is 1. The topological polar surface area (TPSA) is 68.8 Å². The van der Waals surface area contributed by atoms with E-state index in [1.807, 2.05) is 19.1 Å². The first-order chi connectivity index (χ1) is 7.69. The molecule has 0 amide bonds. The first-order valence-corrected chi connectivity index (χ1v) is 5.19. The lowest BCUT2D eigenvalue weighted by Crippen LogP contribution is -2.10. The minimum Gasteiger partial charge on any atom is -0.308 e. The Morgan fingerprint density at radius 3 is 2.94 bits per heavy atom. The van der Waals surface area contributed by atoms with Crippen LogP contribution in [0, 0.1) is 6.92 Å². The Bertz CT molecular complexity index is 474. The van der Waals surface area contributed by atoms with Crippen LogP contribution in [0.3, 0.4) is 0 Å². The van der Waals surface area contributed by atoms with E-state index in [1.165, 1.54) is 0 Å². The third-order valence-corrected chi connectivity index (χ3v) is 2.54. The molecule has 5 nitrogen and oxygen atoms in total. The van der Waals surface area contributed by atoms with Crippen molar-refractivity contribution in [1.29, 1.82) is 0 Å². The zero-order valence-corrected chi connectivity index (χ0v) is 9.57. The van der Waals surface area contributed by atoms with Crippen LogP contribution in [0.2, 0.25) is 5.02 Å². The molecule has 0 unspecified atom stereocenters. The molecule has 84 valence electrons. The number of rotatable bonds is 3. The number of aromatic nitrogens is 3. The van der Waals surface area contributed by atoms with Crippen molar-refractivity contribution in [3.8, 4) is 0 Å². The van der Waals surface area contributed by atoms with Crippen molar-refractivity contribution >= 4 is 17.4 Å². The highest BCUT2D eigenvalue weighted by Crippen LogP contribution is 2.13. The van der Waals surface area contributed by atoms with Gasteiger partial charge in [-0.05, 0) is 19.1 Å². The average Bonchev–Trinajstić information content (AvgIpc) is 2.58. The molecule has 0 aliphatic heterocycles. The predicted molar refractivity (Wildman–Crippen MR) is 63.1 cm³/mol. The van der Waals surface area contributed by atoms with Gasteiger partial charge in [0, 0.05) is 6.20 Å². The van der Waals surface area contributed by atoms with Gasteiger partial charge in [0.05, 0.1) is 23.0 Å². The van der Waals surface area contributed by atoms with Crippen molar-refractivity contribution in [3.05, 3.63) is 40.8 Å². The zero-order chi connectivity index (χ0) is 11.5. The Hall–Kier alpha value is -1.59. The summed E-state index contributed by atoms with van der Waals surface area (Å²) >= 11 is 5.92. The van der Waals surface area contributed by atoms with Crippen LogP contribution >= 0.6 is 11.6 Å². The van der Waals surface area contributed by atoms with Gasteiger partial charge >= 0.3 is 0 Å². The standard InChI is InChI=1S/C10H12ClN5/c1-7-9(11)6-16(15-7)5-8-3-2-4-10(13-8)14-12/h2-4,6H,5,12H2,1H3,(H,13,14). The highest BCUT2D eigenvalue weighted by molar-refractivity contribution is 6.31. The fourth-order valence-electron chi connectivity index (χ4n) is 1.39. The van der Waals surface area contributed by atoms with Crippen LogP contribution in [0.15, 0.2) is 24.4 Å². The molecule has 2 aromatic rings. The molecule has 6 heteroatoms. The van der Waals surface area contributed by atoms with Crippen molar-refractivity contribution in [2.24, 2.45) is 5.84 Å². The Morgan fingerprint density at radius 1 is 1.50 bits per heavy atom. The van der Waals surface area contributed by atoms with E-state index in [-0.39, 0.29) is 0 Å². The summed E-state index contributed by atoms with van der Waals surface area (Å²) in [4.78, 5) is 4.29. The van der Waals surface area contributed by atoms with Gasteiger partial charge in [0.1, 0.15) is 5.82 Å². The second-order valence-electron chi connectivity index (χ2n) is 3.42. The van der Waals surface area contributed by atoms with Gasteiger partial charge in [-0.25, -0.2) is 10.8 Å². The van der Waals surface area contributed by atoms with Gasteiger partial charge in [-0.2, -0.15) is 5.10 Å². The SMILES string of the molecule is Cc1nn(Cc2cccc(NN)n2)cc1Cl. The van der Waals surface area contributed by atoms with Crippen molar-refractivity contribution in [2.75, 3.05) is 5.43 Å². The van der Waals surface area contributed by atoms with E-state index in [0.717, 1.165) is 11.4 Å². The lowest BCUT2D eigenvalue weighted by Gasteiger charge is -2.03. The molecule has 3 N–H and O–H groups in total. The third kappa shape index (κ3) is 2.32. The molecular formula is C10H12ClN5. The van der Waals surface area contributed by atoms with Crippen LogP contribution in [0.4, 0.5) is 5.82 Å².